The smallest absolute Gasteiger partial charge is 0.329 e. The lowest BCUT2D eigenvalue weighted by atomic mass is 10.1. The molecule has 0 aromatic rings. The van der Waals surface area contributed by atoms with Gasteiger partial charge < -0.3 is 40.0 Å². The van der Waals surface area contributed by atoms with Gasteiger partial charge >= 0.3 is 17.9 Å². The Hall–Kier alpha value is -3.26. The summed E-state index contributed by atoms with van der Waals surface area (Å²) < 4.78 is 21.7. The number of nitrogens with one attached hydrogen (secondary N) is 3. The van der Waals surface area contributed by atoms with Gasteiger partial charge in [-0.1, -0.05) is 12.8 Å². The quantitative estimate of drug-likeness (QED) is 0.0681. The molecule has 0 spiro atoms. The summed E-state index contributed by atoms with van der Waals surface area (Å²) in [6.07, 6.45) is 6.68. The van der Waals surface area contributed by atoms with E-state index < -0.39 is 35.1 Å². The third-order valence-electron chi connectivity index (χ3n) is 6.61. The van der Waals surface area contributed by atoms with Crippen LogP contribution < -0.4 is 16.0 Å². The molecule has 1 atom stereocenters. The van der Waals surface area contributed by atoms with Crippen molar-refractivity contribution in [2.75, 3.05) is 39.5 Å². The number of carbonyl (C=O) groups excluding carboxylic acids is 5. The van der Waals surface area contributed by atoms with E-state index in [0.717, 1.165) is 44.9 Å². The summed E-state index contributed by atoms with van der Waals surface area (Å²) in [5.41, 5.74) is -1.24. The van der Waals surface area contributed by atoms with Crippen LogP contribution in [0, 0.1) is 0 Å². The molecular formula is C35H63N3O11. The molecule has 0 fully saturated rings. The largest absolute Gasteiger partial charge is 0.481 e. The van der Waals surface area contributed by atoms with Gasteiger partial charge in [-0.3, -0.25) is 24.0 Å². The van der Waals surface area contributed by atoms with Crippen molar-refractivity contribution in [3.63, 3.8) is 0 Å². The molecule has 0 heterocycles. The monoisotopic (exact) mass is 701 g/mol. The maximum atomic E-state index is 12.3. The molecule has 0 aromatic carbocycles. The van der Waals surface area contributed by atoms with Crippen LogP contribution in [0.1, 0.15) is 131 Å². The molecule has 0 radical (unpaired) electrons. The molecule has 0 saturated carbocycles. The topological polar surface area (TPSA) is 196 Å². The predicted octanol–water partition coefficient (Wildman–Crippen LogP) is 3.97. The number of amides is 3. The minimum absolute atomic E-state index is 0.0350. The van der Waals surface area contributed by atoms with E-state index in [4.69, 9.17) is 24.1 Å². The molecule has 0 aliphatic rings. The van der Waals surface area contributed by atoms with Crippen molar-refractivity contribution in [1.29, 1.82) is 0 Å². The Morgan fingerprint density at radius 2 is 1.02 bits per heavy atom. The van der Waals surface area contributed by atoms with Crippen LogP contribution in [0.15, 0.2) is 0 Å². The first kappa shape index (κ1) is 45.7. The molecule has 1 unspecified atom stereocenters. The van der Waals surface area contributed by atoms with Crippen LogP contribution >= 0.6 is 0 Å². The summed E-state index contributed by atoms with van der Waals surface area (Å²) in [6, 6.07) is -1.10. The van der Waals surface area contributed by atoms with Crippen LogP contribution in [0.5, 0.6) is 0 Å². The van der Waals surface area contributed by atoms with E-state index in [-0.39, 0.29) is 43.5 Å². The highest BCUT2D eigenvalue weighted by atomic mass is 16.6. The summed E-state index contributed by atoms with van der Waals surface area (Å²) >= 11 is 0. The lowest BCUT2D eigenvalue weighted by Gasteiger charge is -2.24. The molecule has 3 amide bonds. The minimum atomic E-state index is -1.10. The van der Waals surface area contributed by atoms with Crippen molar-refractivity contribution in [3.8, 4) is 0 Å². The average molecular weight is 702 g/mol. The molecule has 0 bridgehead atoms. The highest BCUT2D eigenvalue weighted by Gasteiger charge is 2.27. The number of carboxylic acid groups (broad SMARTS) is 1. The number of hydrogen-bond donors (Lipinski definition) is 4. The molecule has 49 heavy (non-hydrogen) atoms. The molecule has 14 nitrogen and oxygen atoms in total. The van der Waals surface area contributed by atoms with Crippen LogP contribution in [-0.4, -0.2) is 97.5 Å². The number of rotatable bonds is 28. The lowest BCUT2D eigenvalue weighted by molar-refractivity contribution is -0.159. The number of hydrogen-bond acceptors (Lipinski definition) is 10. The van der Waals surface area contributed by atoms with Gasteiger partial charge in [0.1, 0.15) is 17.2 Å². The maximum absolute atomic E-state index is 12.3. The fraction of sp³-hybridized carbons (Fsp3) is 0.829. The third-order valence-corrected chi connectivity index (χ3v) is 6.61. The van der Waals surface area contributed by atoms with Crippen LogP contribution in [0.2, 0.25) is 0 Å². The van der Waals surface area contributed by atoms with Gasteiger partial charge in [0.2, 0.25) is 17.7 Å². The number of carbonyl (C=O) groups is 6. The first-order valence-electron chi connectivity index (χ1n) is 17.6. The second kappa shape index (κ2) is 26.6. The third kappa shape index (κ3) is 31.7. The lowest BCUT2D eigenvalue weighted by Crippen LogP contribution is -2.44. The van der Waals surface area contributed by atoms with E-state index in [1.807, 2.05) is 20.8 Å². The Bertz CT molecular complexity index is 990. The maximum Gasteiger partial charge on any atom is 0.329 e. The Morgan fingerprint density at radius 1 is 0.551 bits per heavy atom. The normalized spacial score (nSPS) is 12.1. The first-order valence-corrected chi connectivity index (χ1v) is 17.6. The highest BCUT2D eigenvalue weighted by molar-refractivity contribution is 5.87. The average Bonchev–Trinajstić information content (AvgIpc) is 2.98. The zero-order chi connectivity index (χ0) is 37.1. The van der Waals surface area contributed by atoms with Crippen molar-refractivity contribution < 1.29 is 52.8 Å². The Labute approximate surface area is 292 Å². The Balaban J connectivity index is 3.69. The summed E-state index contributed by atoms with van der Waals surface area (Å²) in [7, 11) is 0. The minimum Gasteiger partial charge on any atom is -0.481 e. The summed E-state index contributed by atoms with van der Waals surface area (Å²) in [5.74, 6) is -2.80. The van der Waals surface area contributed by atoms with E-state index >= 15 is 0 Å². The standard InChI is InChI=1S/C35H63N3O11/c1-34(2,3)48-32(44)16-10-8-7-9-15-28(39)36-21-13-25-46-23-11-12-24-47-26-14-22-37-29(40)18-19-30(41)38-27(17-20-31(42)43)33(45)49-35(4,5)6/h27H,7-26H2,1-6H3,(H,36,39)(H,37,40)(H,38,41)(H,42,43). The number of esters is 2. The van der Waals surface area contributed by atoms with Crippen molar-refractivity contribution >= 4 is 35.6 Å². The van der Waals surface area contributed by atoms with Crippen LogP contribution in [-0.2, 0) is 47.7 Å². The zero-order valence-corrected chi connectivity index (χ0v) is 30.7. The van der Waals surface area contributed by atoms with Crippen molar-refractivity contribution in [2.45, 2.75) is 149 Å². The van der Waals surface area contributed by atoms with Crippen molar-refractivity contribution in [2.24, 2.45) is 0 Å². The Kier molecular flexibility index (Phi) is 24.8. The van der Waals surface area contributed by atoms with E-state index in [0.29, 0.717) is 58.8 Å². The molecule has 0 aromatic heterocycles. The molecule has 0 aliphatic heterocycles. The van der Waals surface area contributed by atoms with Gasteiger partial charge in [-0.2, -0.15) is 0 Å². The number of carboxylic acids is 1. The molecule has 0 aliphatic carbocycles. The van der Waals surface area contributed by atoms with Gasteiger partial charge in [-0.25, -0.2) is 4.79 Å². The Morgan fingerprint density at radius 3 is 1.53 bits per heavy atom. The molecule has 0 rings (SSSR count). The predicted molar refractivity (Wildman–Crippen MR) is 184 cm³/mol. The van der Waals surface area contributed by atoms with Gasteiger partial charge in [0.05, 0.1) is 0 Å². The second-order valence-electron chi connectivity index (χ2n) is 13.9. The molecule has 0 saturated heterocycles. The second-order valence-corrected chi connectivity index (χ2v) is 13.9. The summed E-state index contributed by atoms with van der Waals surface area (Å²) in [4.78, 5) is 71.2. The van der Waals surface area contributed by atoms with Gasteiger partial charge in [-0.05, 0) is 86.5 Å². The SMILES string of the molecule is CC(C)(C)OC(=O)CCCCCCC(=O)NCCCOCCCCOCCCNC(=O)CCC(=O)NC(CCC(=O)O)C(=O)OC(C)(C)C. The van der Waals surface area contributed by atoms with E-state index in [9.17, 15) is 28.8 Å². The fourth-order valence-corrected chi connectivity index (χ4v) is 4.28. The first-order chi connectivity index (χ1) is 23.0. The van der Waals surface area contributed by atoms with Crippen molar-refractivity contribution in [3.05, 3.63) is 0 Å². The zero-order valence-electron chi connectivity index (χ0n) is 30.7. The number of unbranched alkanes of at least 4 members (excludes halogenated alkanes) is 4. The van der Waals surface area contributed by atoms with E-state index in [1.54, 1.807) is 20.8 Å². The van der Waals surface area contributed by atoms with Crippen LogP contribution in [0.3, 0.4) is 0 Å². The molecule has 14 heteroatoms. The summed E-state index contributed by atoms with van der Waals surface area (Å²) in [5, 5.41) is 17.0. The highest BCUT2D eigenvalue weighted by Crippen LogP contribution is 2.13. The molecule has 284 valence electrons. The number of aliphatic carboxylic acids is 1. The van der Waals surface area contributed by atoms with Crippen LogP contribution in [0.25, 0.3) is 0 Å². The van der Waals surface area contributed by atoms with Crippen LogP contribution in [0.4, 0.5) is 0 Å². The summed E-state index contributed by atoms with van der Waals surface area (Å²) in [6.45, 7) is 13.8. The van der Waals surface area contributed by atoms with Gasteiger partial charge in [0.25, 0.3) is 0 Å². The molecular weight excluding hydrogens is 638 g/mol. The number of ether oxygens (including phenoxy) is 4. The van der Waals surface area contributed by atoms with Gasteiger partial charge in [0, 0.05) is 71.6 Å². The van der Waals surface area contributed by atoms with Gasteiger partial charge in [0.15, 0.2) is 0 Å². The van der Waals surface area contributed by atoms with Gasteiger partial charge in [-0.15, -0.1) is 0 Å². The van der Waals surface area contributed by atoms with Crippen molar-refractivity contribution in [1.82, 2.24) is 16.0 Å². The molecule has 4 N–H and O–H groups in total. The van der Waals surface area contributed by atoms with E-state index in [2.05, 4.69) is 16.0 Å². The fourth-order valence-electron chi connectivity index (χ4n) is 4.28. The van der Waals surface area contributed by atoms with E-state index in [1.165, 1.54) is 0 Å².